The summed E-state index contributed by atoms with van der Waals surface area (Å²) in [4.78, 5) is 15.6. The number of rotatable bonds is 2. The van der Waals surface area contributed by atoms with Gasteiger partial charge in [-0.15, -0.1) is 0 Å². The van der Waals surface area contributed by atoms with Gasteiger partial charge in [0.15, 0.2) is 5.96 Å². The van der Waals surface area contributed by atoms with Crippen LogP contribution in [0.15, 0.2) is 59.6 Å². The third-order valence-electron chi connectivity index (χ3n) is 3.59. The number of halogens is 2. The van der Waals surface area contributed by atoms with Gasteiger partial charge in [0.1, 0.15) is 5.82 Å². The largest absolute Gasteiger partial charge is 0.370 e. The second-order valence-corrected chi connectivity index (χ2v) is 5.59. The molecule has 0 spiro atoms. The maximum Gasteiger partial charge on any atom is 0.280 e. The lowest BCUT2D eigenvalue weighted by atomic mass is 9.96. The molecule has 6 heteroatoms. The first kappa shape index (κ1) is 16.0. The Morgan fingerprint density at radius 1 is 1.04 bits per heavy atom. The molecule has 3 aromatic rings. The second-order valence-electron chi connectivity index (χ2n) is 5.18. The first-order valence-electron chi connectivity index (χ1n) is 7.08. The highest BCUT2D eigenvalue weighted by atomic mass is 35.5. The zero-order valence-electron chi connectivity index (χ0n) is 12.5. The highest BCUT2D eigenvalue weighted by Crippen LogP contribution is 2.37. The molecular formula is C18H13ClFN3O. The Kier molecular flexibility index (Phi) is 4.18. The van der Waals surface area contributed by atoms with Crippen LogP contribution in [0.2, 0.25) is 5.02 Å². The molecule has 0 atom stereocenters. The van der Waals surface area contributed by atoms with Crippen molar-refractivity contribution in [2.24, 2.45) is 16.5 Å². The summed E-state index contributed by atoms with van der Waals surface area (Å²) in [7, 11) is 0. The number of nitrogens with two attached hydrogens (primary N) is 2. The predicted octanol–water partition coefficient (Wildman–Crippen LogP) is 3.71. The molecule has 24 heavy (non-hydrogen) atoms. The Balaban J connectivity index is 2.29. The quantitative estimate of drug-likeness (QED) is 0.550. The van der Waals surface area contributed by atoms with E-state index in [0.29, 0.717) is 21.5 Å². The number of guanidine groups is 1. The Hall–Kier alpha value is -2.92. The van der Waals surface area contributed by atoms with E-state index in [2.05, 4.69) is 4.99 Å². The van der Waals surface area contributed by atoms with Gasteiger partial charge in [0.25, 0.3) is 5.91 Å². The molecule has 3 aromatic carbocycles. The van der Waals surface area contributed by atoms with Gasteiger partial charge in [0.2, 0.25) is 0 Å². The lowest BCUT2D eigenvalue weighted by Gasteiger charge is -2.11. The second kappa shape index (κ2) is 6.29. The average molecular weight is 342 g/mol. The van der Waals surface area contributed by atoms with Gasteiger partial charge in [0.05, 0.1) is 0 Å². The summed E-state index contributed by atoms with van der Waals surface area (Å²) in [6.07, 6.45) is 0. The molecule has 0 radical (unpaired) electrons. The van der Waals surface area contributed by atoms with E-state index in [4.69, 9.17) is 23.1 Å². The summed E-state index contributed by atoms with van der Waals surface area (Å²) in [5.74, 6) is -1.29. The normalized spacial score (nSPS) is 10.6. The summed E-state index contributed by atoms with van der Waals surface area (Å²) < 4.78 is 14.2. The van der Waals surface area contributed by atoms with E-state index >= 15 is 0 Å². The van der Waals surface area contributed by atoms with Gasteiger partial charge in [-0.2, -0.15) is 4.99 Å². The summed E-state index contributed by atoms with van der Waals surface area (Å²) in [6, 6.07) is 14.8. The number of benzene rings is 3. The van der Waals surface area contributed by atoms with Crippen LogP contribution in [0.3, 0.4) is 0 Å². The van der Waals surface area contributed by atoms with E-state index in [-0.39, 0.29) is 11.5 Å². The van der Waals surface area contributed by atoms with E-state index in [1.807, 2.05) is 0 Å². The van der Waals surface area contributed by atoms with Crippen molar-refractivity contribution in [3.63, 3.8) is 0 Å². The molecule has 1 amide bonds. The van der Waals surface area contributed by atoms with E-state index in [1.165, 1.54) is 6.07 Å². The fourth-order valence-electron chi connectivity index (χ4n) is 2.55. The predicted molar refractivity (Wildman–Crippen MR) is 94.5 cm³/mol. The molecule has 0 bridgehead atoms. The van der Waals surface area contributed by atoms with Gasteiger partial charge >= 0.3 is 0 Å². The first-order valence-corrected chi connectivity index (χ1v) is 7.46. The summed E-state index contributed by atoms with van der Waals surface area (Å²) in [5, 5.41) is 1.85. The van der Waals surface area contributed by atoms with Gasteiger partial charge in [-0.05, 0) is 35.0 Å². The highest BCUT2D eigenvalue weighted by molar-refractivity contribution is 6.35. The van der Waals surface area contributed by atoms with Crippen LogP contribution < -0.4 is 11.5 Å². The molecule has 4 nitrogen and oxygen atoms in total. The molecular weight excluding hydrogens is 329 g/mol. The molecule has 0 saturated carbocycles. The minimum Gasteiger partial charge on any atom is -0.370 e. The van der Waals surface area contributed by atoms with E-state index in [0.717, 1.165) is 5.39 Å². The summed E-state index contributed by atoms with van der Waals surface area (Å²) in [5.41, 5.74) is 11.7. The molecule has 0 unspecified atom stereocenters. The van der Waals surface area contributed by atoms with Gasteiger partial charge < -0.3 is 11.5 Å². The minimum atomic E-state index is -0.573. The monoisotopic (exact) mass is 341 g/mol. The van der Waals surface area contributed by atoms with Crippen LogP contribution in [0, 0.1) is 5.82 Å². The van der Waals surface area contributed by atoms with Crippen molar-refractivity contribution < 1.29 is 9.18 Å². The Morgan fingerprint density at radius 2 is 1.75 bits per heavy atom. The summed E-state index contributed by atoms with van der Waals surface area (Å²) >= 11 is 6.31. The fraction of sp³-hybridized carbons (Fsp3) is 0. The zero-order chi connectivity index (χ0) is 17.3. The topological polar surface area (TPSA) is 81.5 Å². The molecule has 0 saturated heterocycles. The molecule has 0 aliphatic rings. The Labute approximate surface area is 142 Å². The fourth-order valence-corrected chi connectivity index (χ4v) is 2.81. The molecule has 0 aliphatic carbocycles. The lowest BCUT2D eigenvalue weighted by molar-refractivity contribution is 0.100. The number of carbonyl (C=O) groups is 1. The van der Waals surface area contributed by atoms with Crippen LogP contribution in [-0.2, 0) is 0 Å². The number of carbonyl (C=O) groups excluding carboxylic acids is 1. The molecule has 0 aromatic heterocycles. The van der Waals surface area contributed by atoms with Crippen molar-refractivity contribution in [1.29, 1.82) is 0 Å². The SMILES string of the molecule is NC(N)=NC(=O)c1ccc2ccc(Cl)c(-c3ccccc3F)c2c1. The van der Waals surface area contributed by atoms with E-state index in [9.17, 15) is 9.18 Å². The zero-order valence-corrected chi connectivity index (χ0v) is 13.2. The third-order valence-corrected chi connectivity index (χ3v) is 3.91. The van der Waals surface area contributed by atoms with Crippen LogP contribution in [0.1, 0.15) is 10.4 Å². The van der Waals surface area contributed by atoms with Crippen molar-refractivity contribution >= 4 is 34.2 Å². The van der Waals surface area contributed by atoms with E-state index in [1.54, 1.807) is 48.5 Å². The number of fused-ring (bicyclic) bond motifs is 1. The standard InChI is InChI=1S/C18H13ClFN3O/c19-14-8-7-10-5-6-11(17(24)23-18(21)22)9-13(10)16(14)12-3-1-2-4-15(12)20/h1-9H,(H4,21,22,23,24). The van der Waals surface area contributed by atoms with Gasteiger partial charge in [-0.1, -0.05) is 41.9 Å². The average Bonchev–Trinajstić information content (AvgIpc) is 2.54. The molecule has 4 N–H and O–H groups in total. The van der Waals surface area contributed by atoms with Crippen LogP contribution in [0.25, 0.3) is 21.9 Å². The number of amides is 1. The molecule has 0 aliphatic heterocycles. The number of nitrogens with zero attached hydrogens (tertiary/aromatic N) is 1. The molecule has 3 rings (SSSR count). The lowest BCUT2D eigenvalue weighted by Crippen LogP contribution is -2.24. The summed E-state index contributed by atoms with van der Waals surface area (Å²) in [6.45, 7) is 0. The van der Waals surface area contributed by atoms with Gasteiger partial charge in [-0.25, -0.2) is 4.39 Å². The van der Waals surface area contributed by atoms with Gasteiger partial charge in [-0.3, -0.25) is 4.79 Å². The van der Waals surface area contributed by atoms with Crippen molar-refractivity contribution in [2.75, 3.05) is 0 Å². The molecule has 0 heterocycles. The van der Waals surface area contributed by atoms with Crippen molar-refractivity contribution in [3.8, 4) is 11.1 Å². The Bertz CT molecular complexity index is 981. The highest BCUT2D eigenvalue weighted by Gasteiger charge is 2.14. The smallest absolute Gasteiger partial charge is 0.280 e. The van der Waals surface area contributed by atoms with Crippen molar-refractivity contribution in [1.82, 2.24) is 0 Å². The van der Waals surface area contributed by atoms with Crippen molar-refractivity contribution in [3.05, 3.63) is 71.0 Å². The van der Waals surface area contributed by atoms with Gasteiger partial charge in [0, 0.05) is 21.7 Å². The van der Waals surface area contributed by atoms with Crippen LogP contribution in [-0.4, -0.2) is 11.9 Å². The van der Waals surface area contributed by atoms with E-state index < -0.39 is 11.7 Å². The number of hydrogen-bond acceptors (Lipinski definition) is 1. The molecule has 120 valence electrons. The number of aliphatic imine (C=N–C) groups is 1. The Morgan fingerprint density at radius 3 is 2.46 bits per heavy atom. The molecule has 0 fully saturated rings. The van der Waals surface area contributed by atoms with Crippen LogP contribution >= 0.6 is 11.6 Å². The van der Waals surface area contributed by atoms with Crippen molar-refractivity contribution in [2.45, 2.75) is 0 Å². The maximum atomic E-state index is 14.2. The first-order chi connectivity index (χ1) is 11.5. The van der Waals surface area contributed by atoms with Crippen LogP contribution in [0.4, 0.5) is 4.39 Å². The minimum absolute atomic E-state index is 0.288. The van der Waals surface area contributed by atoms with Crippen LogP contribution in [0.5, 0.6) is 0 Å². The number of hydrogen-bond donors (Lipinski definition) is 2. The third kappa shape index (κ3) is 2.94. The maximum absolute atomic E-state index is 14.2.